The van der Waals surface area contributed by atoms with E-state index in [1.807, 2.05) is 0 Å². The van der Waals surface area contributed by atoms with Crippen LogP contribution in [-0.2, 0) is 24.8 Å². The summed E-state index contributed by atoms with van der Waals surface area (Å²) in [6, 6.07) is 4.54. The molecule has 1 aliphatic heterocycles. The van der Waals surface area contributed by atoms with E-state index in [4.69, 9.17) is 9.47 Å². The van der Waals surface area contributed by atoms with Crippen LogP contribution in [0.25, 0.3) is 0 Å². The van der Waals surface area contributed by atoms with E-state index in [9.17, 15) is 21.6 Å². The summed E-state index contributed by atoms with van der Waals surface area (Å²) in [7, 11) is -4.34. The maximum absolute atomic E-state index is 13.0. The normalized spacial score (nSPS) is 16.0. The number of piperazine rings is 1. The number of rotatable bonds is 8. The molecule has 0 unspecified atom stereocenters. The average Bonchev–Trinajstić information content (AvgIpc) is 2.66. The molecule has 1 heterocycles. The lowest BCUT2D eigenvalue weighted by Crippen LogP contribution is -2.50. The number of carbonyl (C=O) groups excluding carboxylic acids is 1. The minimum Gasteiger partial charge on any atom is -0.497 e. The SMILES string of the molecule is COc1ccc(OC)c(S(=O)(=O)N2CCN(C(=O)CCNS(C)(=O)=O)CC2)c1. The van der Waals surface area contributed by atoms with Gasteiger partial charge in [0.05, 0.1) is 20.5 Å². The maximum atomic E-state index is 13.0. The van der Waals surface area contributed by atoms with Gasteiger partial charge in [-0.2, -0.15) is 4.31 Å². The molecule has 1 fully saturated rings. The summed E-state index contributed by atoms with van der Waals surface area (Å²) < 4.78 is 61.9. The first-order chi connectivity index (χ1) is 13.1. The predicted molar refractivity (Wildman–Crippen MR) is 102 cm³/mol. The van der Waals surface area contributed by atoms with E-state index in [-0.39, 0.29) is 55.7 Å². The standard InChI is InChI=1S/C16H25N3O7S2/c1-25-13-4-5-14(26-2)15(12-13)28(23,24)19-10-8-18(9-11-19)16(20)6-7-17-27(3,21)22/h4-5,12,17H,6-11H2,1-3H3. The van der Waals surface area contributed by atoms with Gasteiger partial charge in [0.2, 0.25) is 26.0 Å². The number of ether oxygens (including phenoxy) is 2. The second kappa shape index (κ2) is 9.07. The van der Waals surface area contributed by atoms with Gasteiger partial charge in [-0.1, -0.05) is 0 Å². The fraction of sp³-hybridized carbons (Fsp3) is 0.562. The molecule has 12 heteroatoms. The molecule has 0 atom stereocenters. The van der Waals surface area contributed by atoms with Crippen molar-refractivity contribution in [2.75, 3.05) is 53.2 Å². The highest BCUT2D eigenvalue weighted by Gasteiger charge is 2.32. The quantitative estimate of drug-likeness (QED) is 0.583. The van der Waals surface area contributed by atoms with Crippen molar-refractivity contribution in [2.45, 2.75) is 11.3 Å². The molecule has 0 spiro atoms. The summed E-state index contributed by atoms with van der Waals surface area (Å²) in [5, 5.41) is 0. The van der Waals surface area contributed by atoms with Gasteiger partial charge in [-0.05, 0) is 12.1 Å². The molecule has 28 heavy (non-hydrogen) atoms. The second-order valence-electron chi connectivity index (χ2n) is 6.22. The molecule has 0 saturated carbocycles. The third kappa shape index (κ3) is 5.56. The van der Waals surface area contributed by atoms with Gasteiger partial charge in [-0.3, -0.25) is 4.79 Å². The van der Waals surface area contributed by atoms with Gasteiger partial charge < -0.3 is 14.4 Å². The number of methoxy groups -OCH3 is 2. The van der Waals surface area contributed by atoms with Gasteiger partial charge in [0, 0.05) is 45.2 Å². The predicted octanol–water partition coefficient (Wildman–Crippen LogP) is -0.524. The molecule has 1 saturated heterocycles. The van der Waals surface area contributed by atoms with Crippen molar-refractivity contribution in [3.63, 3.8) is 0 Å². The van der Waals surface area contributed by atoms with Crippen LogP contribution in [0.4, 0.5) is 0 Å². The Morgan fingerprint density at radius 3 is 2.25 bits per heavy atom. The number of hydrogen-bond donors (Lipinski definition) is 1. The molecule has 1 aromatic carbocycles. The molecule has 1 amide bonds. The van der Waals surface area contributed by atoms with Crippen molar-refractivity contribution in [2.24, 2.45) is 0 Å². The van der Waals surface area contributed by atoms with Crippen LogP contribution in [0.1, 0.15) is 6.42 Å². The van der Waals surface area contributed by atoms with Crippen LogP contribution in [0.2, 0.25) is 0 Å². The Labute approximate surface area is 165 Å². The van der Waals surface area contributed by atoms with Crippen molar-refractivity contribution in [1.29, 1.82) is 0 Å². The van der Waals surface area contributed by atoms with Crippen LogP contribution >= 0.6 is 0 Å². The van der Waals surface area contributed by atoms with Gasteiger partial charge in [0.15, 0.2) is 0 Å². The maximum Gasteiger partial charge on any atom is 0.247 e. The molecular formula is C16H25N3O7S2. The summed E-state index contributed by atoms with van der Waals surface area (Å²) in [4.78, 5) is 13.7. The number of amides is 1. The zero-order valence-corrected chi connectivity index (χ0v) is 17.7. The minimum atomic E-state index is -3.82. The summed E-state index contributed by atoms with van der Waals surface area (Å²) in [5.41, 5.74) is 0. The highest BCUT2D eigenvalue weighted by Crippen LogP contribution is 2.31. The third-order valence-electron chi connectivity index (χ3n) is 4.28. The van der Waals surface area contributed by atoms with Gasteiger partial charge in [-0.15, -0.1) is 0 Å². The molecule has 0 radical (unpaired) electrons. The van der Waals surface area contributed by atoms with Crippen molar-refractivity contribution >= 4 is 26.0 Å². The van der Waals surface area contributed by atoms with Crippen LogP contribution in [0.3, 0.4) is 0 Å². The Bertz CT molecular complexity index is 908. The van der Waals surface area contributed by atoms with Crippen LogP contribution in [0.5, 0.6) is 11.5 Å². The lowest BCUT2D eigenvalue weighted by Gasteiger charge is -2.34. The van der Waals surface area contributed by atoms with Crippen molar-refractivity contribution in [1.82, 2.24) is 13.9 Å². The van der Waals surface area contributed by atoms with E-state index in [0.717, 1.165) is 6.26 Å². The topological polar surface area (TPSA) is 122 Å². The van der Waals surface area contributed by atoms with Crippen LogP contribution in [0, 0.1) is 0 Å². The Hall–Kier alpha value is -1.89. The highest BCUT2D eigenvalue weighted by molar-refractivity contribution is 7.89. The minimum absolute atomic E-state index is 0.00600. The number of sulfonamides is 2. The summed E-state index contributed by atoms with van der Waals surface area (Å²) in [6.45, 7) is 0.728. The number of nitrogens with zero attached hydrogens (tertiary/aromatic N) is 2. The zero-order chi connectivity index (χ0) is 20.9. The second-order valence-corrected chi connectivity index (χ2v) is 9.96. The summed E-state index contributed by atoms with van der Waals surface area (Å²) >= 11 is 0. The van der Waals surface area contributed by atoms with Crippen LogP contribution in [-0.4, -0.2) is 85.1 Å². The van der Waals surface area contributed by atoms with E-state index >= 15 is 0 Å². The number of carbonyl (C=O) groups is 1. The first-order valence-corrected chi connectivity index (χ1v) is 11.9. The first-order valence-electron chi connectivity index (χ1n) is 8.53. The molecule has 1 aromatic rings. The van der Waals surface area contributed by atoms with E-state index in [1.165, 1.54) is 35.6 Å². The number of nitrogens with one attached hydrogen (secondary N) is 1. The number of hydrogen-bond acceptors (Lipinski definition) is 7. The highest BCUT2D eigenvalue weighted by atomic mass is 32.2. The van der Waals surface area contributed by atoms with E-state index in [2.05, 4.69) is 4.72 Å². The Morgan fingerprint density at radius 1 is 1.07 bits per heavy atom. The molecule has 2 rings (SSSR count). The lowest BCUT2D eigenvalue weighted by molar-refractivity contribution is -0.132. The van der Waals surface area contributed by atoms with E-state index < -0.39 is 20.0 Å². The monoisotopic (exact) mass is 435 g/mol. The Morgan fingerprint density at radius 2 is 1.71 bits per heavy atom. The molecule has 0 bridgehead atoms. The van der Waals surface area contributed by atoms with Gasteiger partial charge in [0.1, 0.15) is 16.4 Å². The fourth-order valence-corrected chi connectivity index (χ4v) is 4.87. The molecule has 158 valence electrons. The van der Waals surface area contributed by atoms with Gasteiger partial charge in [-0.25, -0.2) is 21.6 Å². The summed E-state index contributed by atoms with van der Waals surface area (Å²) in [5.74, 6) is 0.380. The summed E-state index contributed by atoms with van der Waals surface area (Å²) in [6.07, 6.45) is 1.04. The van der Waals surface area contributed by atoms with E-state index in [1.54, 1.807) is 6.07 Å². The first kappa shape index (κ1) is 22.4. The zero-order valence-electron chi connectivity index (χ0n) is 16.0. The van der Waals surface area contributed by atoms with Gasteiger partial charge in [0.25, 0.3) is 0 Å². The fourth-order valence-electron chi connectivity index (χ4n) is 2.80. The van der Waals surface area contributed by atoms with Crippen molar-refractivity contribution in [3.8, 4) is 11.5 Å². The van der Waals surface area contributed by atoms with E-state index in [0.29, 0.717) is 5.75 Å². The average molecular weight is 436 g/mol. The van der Waals surface area contributed by atoms with Crippen LogP contribution in [0.15, 0.2) is 23.1 Å². The Kier molecular flexibility index (Phi) is 7.26. The number of benzene rings is 1. The lowest BCUT2D eigenvalue weighted by atomic mass is 10.3. The smallest absolute Gasteiger partial charge is 0.247 e. The van der Waals surface area contributed by atoms with Crippen molar-refractivity contribution in [3.05, 3.63) is 18.2 Å². The largest absolute Gasteiger partial charge is 0.497 e. The van der Waals surface area contributed by atoms with Crippen molar-refractivity contribution < 1.29 is 31.1 Å². The molecular weight excluding hydrogens is 410 g/mol. The molecule has 0 aliphatic carbocycles. The molecule has 0 aromatic heterocycles. The van der Waals surface area contributed by atoms with Gasteiger partial charge >= 0.3 is 0 Å². The Balaban J connectivity index is 2.03. The molecule has 1 aliphatic rings. The van der Waals surface area contributed by atoms with Crippen LogP contribution < -0.4 is 14.2 Å². The third-order valence-corrected chi connectivity index (χ3v) is 6.93. The molecule has 10 nitrogen and oxygen atoms in total. The molecule has 1 N–H and O–H groups in total.